The molecule has 0 radical (unpaired) electrons. The van der Waals surface area contributed by atoms with Gasteiger partial charge in [0, 0.05) is 37.1 Å². The number of aromatic nitrogens is 1. The van der Waals surface area contributed by atoms with E-state index in [-0.39, 0.29) is 29.4 Å². The first-order chi connectivity index (χ1) is 12.8. The largest absolute Gasteiger partial charge is 0.295 e. The molecule has 0 fully saturated rings. The highest BCUT2D eigenvalue weighted by Gasteiger charge is 2.25. The first-order valence-electron chi connectivity index (χ1n) is 8.30. The summed E-state index contributed by atoms with van der Waals surface area (Å²) < 4.78 is 26.4. The molecule has 0 atom stereocenters. The lowest BCUT2D eigenvalue weighted by atomic mass is 10.2. The Morgan fingerprint density at radius 1 is 1.22 bits per heavy atom. The number of nitrogens with zero attached hydrogens (tertiary/aromatic N) is 4. The molecule has 1 N–H and O–H groups in total. The first kappa shape index (κ1) is 20.5. The molecule has 0 saturated heterocycles. The third-order valence-electron chi connectivity index (χ3n) is 3.95. The number of hydrazone groups is 1. The van der Waals surface area contributed by atoms with Gasteiger partial charge in [-0.1, -0.05) is 13.8 Å². The molecule has 0 spiro atoms. The molecule has 1 aromatic carbocycles. The van der Waals surface area contributed by atoms with Gasteiger partial charge in [-0.25, -0.2) is 8.42 Å². The van der Waals surface area contributed by atoms with Crippen LogP contribution in [0, 0.1) is 10.1 Å². The zero-order chi connectivity index (χ0) is 20.0. The Labute approximate surface area is 157 Å². The molecule has 144 valence electrons. The van der Waals surface area contributed by atoms with Crippen LogP contribution in [-0.4, -0.2) is 41.4 Å². The van der Waals surface area contributed by atoms with Crippen LogP contribution in [0.3, 0.4) is 0 Å². The van der Waals surface area contributed by atoms with E-state index < -0.39 is 14.9 Å². The summed E-state index contributed by atoms with van der Waals surface area (Å²) in [5, 5.41) is 15.6. The van der Waals surface area contributed by atoms with E-state index in [2.05, 4.69) is 15.5 Å². The highest BCUT2D eigenvalue weighted by molar-refractivity contribution is 7.89. The molecule has 0 aliphatic heterocycles. The van der Waals surface area contributed by atoms with Crippen LogP contribution in [-0.2, 0) is 10.0 Å². The average Bonchev–Trinajstić information content (AvgIpc) is 2.67. The number of hydrogen-bond donors (Lipinski definition) is 1. The van der Waals surface area contributed by atoms with Crippen LogP contribution in [0.5, 0.6) is 0 Å². The Kier molecular flexibility index (Phi) is 6.59. The fourth-order valence-corrected chi connectivity index (χ4v) is 3.91. The number of nitro groups is 1. The second-order valence-electron chi connectivity index (χ2n) is 5.57. The van der Waals surface area contributed by atoms with Gasteiger partial charge < -0.3 is 0 Å². The number of nitro benzene ring substituents is 1. The van der Waals surface area contributed by atoms with E-state index in [1.54, 1.807) is 45.3 Å². The molecule has 0 aliphatic carbocycles. The van der Waals surface area contributed by atoms with Crippen LogP contribution in [0.1, 0.15) is 26.3 Å². The minimum atomic E-state index is -3.79. The predicted molar refractivity (Wildman–Crippen MR) is 103 cm³/mol. The Morgan fingerprint density at radius 2 is 1.85 bits per heavy atom. The minimum absolute atomic E-state index is 0.104. The summed E-state index contributed by atoms with van der Waals surface area (Å²) >= 11 is 0. The van der Waals surface area contributed by atoms with E-state index in [0.717, 1.165) is 11.6 Å². The van der Waals surface area contributed by atoms with Gasteiger partial charge in [0.25, 0.3) is 5.69 Å². The molecule has 0 unspecified atom stereocenters. The lowest BCUT2D eigenvalue weighted by molar-refractivity contribution is -0.384. The van der Waals surface area contributed by atoms with E-state index in [9.17, 15) is 18.5 Å². The second-order valence-corrected chi connectivity index (χ2v) is 7.51. The van der Waals surface area contributed by atoms with Crippen molar-refractivity contribution in [3.05, 3.63) is 58.4 Å². The van der Waals surface area contributed by atoms with Gasteiger partial charge in [0.15, 0.2) is 0 Å². The lowest BCUT2D eigenvalue weighted by Gasteiger charge is -2.18. The minimum Gasteiger partial charge on any atom is -0.271 e. The lowest BCUT2D eigenvalue weighted by Crippen LogP contribution is -2.30. The van der Waals surface area contributed by atoms with Crippen LogP contribution in [0.15, 0.2) is 52.7 Å². The van der Waals surface area contributed by atoms with E-state index >= 15 is 0 Å². The zero-order valence-corrected chi connectivity index (χ0v) is 16.1. The molecule has 1 aromatic heterocycles. The Hall–Kier alpha value is -2.85. The smallest absolute Gasteiger partial charge is 0.271 e. The van der Waals surface area contributed by atoms with Gasteiger partial charge in [0.1, 0.15) is 5.69 Å². The molecule has 1 heterocycles. The maximum atomic E-state index is 12.6. The third-order valence-corrected chi connectivity index (χ3v) is 6.00. The van der Waals surface area contributed by atoms with Crippen molar-refractivity contribution in [1.29, 1.82) is 0 Å². The first-order valence-corrected chi connectivity index (χ1v) is 9.74. The third kappa shape index (κ3) is 4.66. The summed E-state index contributed by atoms with van der Waals surface area (Å²) in [4.78, 5) is 14.6. The molecule has 0 aliphatic rings. The normalized spacial score (nSPS) is 12.2. The van der Waals surface area contributed by atoms with E-state index in [0.29, 0.717) is 5.71 Å². The van der Waals surface area contributed by atoms with Crippen LogP contribution in [0.4, 0.5) is 11.4 Å². The molecule has 10 heteroatoms. The molecule has 0 saturated carbocycles. The second kappa shape index (κ2) is 8.69. The van der Waals surface area contributed by atoms with E-state index in [1.165, 1.54) is 16.4 Å². The number of hydrogen-bond acceptors (Lipinski definition) is 7. The van der Waals surface area contributed by atoms with Gasteiger partial charge in [-0.2, -0.15) is 9.41 Å². The molecule has 27 heavy (non-hydrogen) atoms. The summed E-state index contributed by atoms with van der Waals surface area (Å²) in [6, 6.07) is 7.24. The molecule has 2 rings (SSSR count). The summed E-state index contributed by atoms with van der Waals surface area (Å²) in [6.45, 7) is 5.72. The fraction of sp³-hybridized carbons (Fsp3) is 0.294. The molecule has 0 bridgehead atoms. The van der Waals surface area contributed by atoms with Gasteiger partial charge in [0.2, 0.25) is 10.0 Å². The highest BCUT2D eigenvalue weighted by atomic mass is 32.2. The Morgan fingerprint density at radius 3 is 2.41 bits per heavy atom. The van der Waals surface area contributed by atoms with E-state index in [4.69, 9.17) is 0 Å². The van der Waals surface area contributed by atoms with Crippen molar-refractivity contribution in [3.63, 3.8) is 0 Å². The van der Waals surface area contributed by atoms with Gasteiger partial charge in [-0.3, -0.25) is 20.5 Å². The molecular formula is C17H21N5O4S. The summed E-state index contributed by atoms with van der Waals surface area (Å²) in [6.07, 6.45) is 3.23. The van der Waals surface area contributed by atoms with Crippen molar-refractivity contribution in [3.8, 4) is 0 Å². The highest BCUT2D eigenvalue weighted by Crippen LogP contribution is 2.29. The van der Waals surface area contributed by atoms with Gasteiger partial charge >= 0.3 is 0 Å². The van der Waals surface area contributed by atoms with Crippen molar-refractivity contribution < 1.29 is 13.3 Å². The SMILES string of the molecule is CCN(CC)S(=O)(=O)c1ccc(N/N=C(/C)c2ccncc2)c([N+](=O)[O-])c1. The van der Waals surface area contributed by atoms with Crippen LogP contribution < -0.4 is 5.43 Å². The topological polar surface area (TPSA) is 118 Å². The summed E-state index contributed by atoms with van der Waals surface area (Å²) in [7, 11) is -3.79. The van der Waals surface area contributed by atoms with Gasteiger partial charge in [-0.05, 0) is 31.2 Å². The Bertz CT molecular complexity index is 941. The predicted octanol–water partition coefficient (Wildman–Crippen LogP) is 2.86. The fourth-order valence-electron chi connectivity index (χ4n) is 2.43. The average molecular weight is 391 g/mol. The summed E-state index contributed by atoms with van der Waals surface area (Å²) in [5.74, 6) is 0. The van der Waals surface area contributed by atoms with Gasteiger partial charge in [0.05, 0.1) is 15.5 Å². The molecule has 9 nitrogen and oxygen atoms in total. The molecule has 2 aromatic rings. The van der Waals surface area contributed by atoms with E-state index in [1.807, 2.05) is 0 Å². The number of anilines is 1. The monoisotopic (exact) mass is 391 g/mol. The van der Waals surface area contributed by atoms with Gasteiger partial charge in [-0.15, -0.1) is 0 Å². The Balaban J connectivity index is 2.38. The number of benzene rings is 1. The maximum absolute atomic E-state index is 12.6. The van der Waals surface area contributed by atoms with Crippen molar-refractivity contribution in [2.24, 2.45) is 5.10 Å². The van der Waals surface area contributed by atoms with Crippen LogP contribution in [0.25, 0.3) is 0 Å². The molecular weight excluding hydrogens is 370 g/mol. The number of rotatable bonds is 8. The zero-order valence-electron chi connectivity index (χ0n) is 15.3. The van der Waals surface area contributed by atoms with Crippen LogP contribution in [0.2, 0.25) is 0 Å². The van der Waals surface area contributed by atoms with Crippen molar-refractivity contribution in [2.75, 3.05) is 18.5 Å². The van der Waals surface area contributed by atoms with Crippen LogP contribution >= 0.6 is 0 Å². The van der Waals surface area contributed by atoms with Crippen molar-refractivity contribution >= 4 is 27.1 Å². The quantitative estimate of drug-likeness (QED) is 0.420. The number of sulfonamides is 1. The summed E-state index contributed by atoms with van der Waals surface area (Å²) in [5.41, 5.74) is 3.79. The number of pyridine rings is 1. The van der Waals surface area contributed by atoms with Crippen molar-refractivity contribution in [2.45, 2.75) is 25.7 Å². The van der Waals surface area contributed by atoms with Crippen molar-refractivity contribution in [1.82, 2.24) is 9.29 Å². The number of nitrogens with one attached hydrogen (secondary N) is 1. The maximum Gasteiger partial charge on any atom is 0.295 e. The molecule has 0 amide bonds. The standard InChI is InChI=1S/C17H21N5O4S/c1-4-21(5-2)27(25,26)15-6-7-16(17(12-15)22(23)24)20-19-13(3)14-8-10-18-11-9-14/h6-12,20H,4-5H2,1-3H3/b19-13-.